The zero-order chi connectivity index (χ0) is 15.6. The van der Waals surface area contributed by atoms with Crippen molar-refractivity contribution in [2.45, 2.75) is 51.2 Å². The number of methoxy groups -OCH3 is 1. The summed E-state index contributed by atoms with van der Waals surface area (Å²) in [5.74, 6) is 0.676. The fourth-order valence-corrected chi connectivity index (χ4v) is 2.32. The molecule has 1 aliphatic rings. The Kier molecular flexibility index (Phi) is 4.52. The van der Waals surface area contributed by atoms with Crippen LogP contribution in [-0.2, 0) is 10.2 Å². The first-order valence-electron chi connectivity index (χ1n) is 7.37. The van der Waals surface area contributed by atoms with E-state index in [9.17, 15) is 4.79 Å². The number of ether oxygens (including phenoxy) is 1. The Morgan fingerprint density at radius 2 is 2.00 bits per heavy atom. The summed E-state index contributed by atoms with van der Waals surface area (Å²) in [6.45, 7) is 6.27. The Morgan fingerprint density at radius 3 is 2.52 bits per heavy atom. The normalized spacial score (nSPS) is 21.6. The molecule has 1 aromatic rings. The van der Waals surface area contributed by atoms with Gasteiger partial charge in [-0.1, -0.05) is 20.8 Å². The first-order valence-corrected chi connectivity index (χ1v) is 7.37. The highest BCUT2D eigenvalue weighted by Crippen LogP contribution is 2.25. The molecule has 0 bridgehead atoms. The van der Waals surface area contributed by atoms with Gasteiger partial charge in [0.1, 0.15) is 5.82 Å². The van der Waals surface area contributed by atoms with Gasteiger partial charge in [0.2, 0.25) is 0 Å². The minimum Gasteiger partial charge on any atom is -0.381 e. The van der Waals surface area contributed by atoms with E-state index in [1.807, 2.05) is 13.1 Å². The van der Waals surface area contributed by atoms with Crippen LogP contribution in [0.2, 0.25) is 0 Å². The van der Waals surface area contributed by atoms with E-state index in [0.717, 1.165) is 24.4 Å². The van der Waals surface area contributed by atoms with Crippen LogP contribution >= 0.6 is 0 Å². The maximum atomic E-state index is 12.4. The van der Waals surface area contributed by atoms with E-state index in [1.165, 1.54) is 0 Å². The number of aromatic nitrogens is 1. The Hall–Kier alpha value is -1.62. The molecule has 0 atom stereocenters. The maximum Gasteiger partial charge on any atom is 0.251 e. The average molecular weight is 291 g/mol. The zero-order valence-electron chi connectivity index (χ0n) is 13.5. The maximum absolute atomic E-state index is 12.4. The number of amides is 1. The van der Waals surface area contributed by atoms with Crippen molar-refractivity contribution in [1.29, 1.82) is 0 Å². The third kappa shape index (κ3) is 3.73. The van der Waals surface area contributed by atoms with Crippen LogP contribution in [0.5, 0.6) is 0 Å². The number of carbonyl (C=O) groups is 1. The highest BCUT2D eigenvalue weighted by Gasteiger charge is 2.30. The van der Waals surface area contributed by atoms with E-state index < -0.39 is 0 Å². The Balaban J connectivity index is 2.13. The molecule has 1 aromatic heterocycles. The van der Waals surface area contributed by atoms with Gasteiger partial charge in [-0.3, -0.25) is 4.79 Å². The van der Waals surface area contributed by atoms with Crippen LogP contribution in [0.25, 0.3) is 0 Å². The van der Waals surface area contributed by atoms with Crippen LogP contribution in [-0.4, -0.2) is 37.2 Å². The summed E-state index contributed by atoms with van der Waals surface area (Å²) in [6.07, 6.45) is 2.06. The van der Waals surface area contributed by atoms with Gasteiger partial charge in [-0.25, -0.2) is 4.98 Å². The lowest BCUT2D eigenvalue weighted by atomic mass is 9.88. The quantitative estimate of drug-likeness (QED) is 0.893. The standard InChI is InChI=1S/C16H25N3O2/c1-16(2,3)13-6-10(7-14(17-4)19-13)15(20)18-11-8-12(9-11)21-5/h6-7,11-12H,8-9H2,1-5H3,(H,17,19)(H,18,20). The molecule has 2 N–H and O–H groups in total. The van der Waals surface area contributed by atoms with Crippen molar-refractivity contribution in [3.63, 3.8) is 0 Å². The van der Waals surface area contributed by atoms with Gasteiger partial charge in [-0.15, -0.1) is 0 Å². The van der Waals surface area contributed by atoms with Crippen LogP contribution in [0.15, 0.2) is 12.1 Å². The fourth-order valence-electron chi connectivity index (χ4n) is 2.32. The van der Waals surface area contributed by atoms with Crippen molar-refractivity contribution < 1.29 is 9.53 Å². The molecule has 0 aromatic carbocycles. The Bertz CT molecular complexity index is 517. The molecule has 1 aliphatic carbocycles. The largest absolute Gasteiger partial charge is 0.381 e. The molecule has 116 valence electrons. The molecular formula is C16H25N3O2. The van der Waals surface area contributed by atoms with Gasteiger partial charge in [-0.05, 0) is 25.0 Å². The molecule has 0 unspecified atom stereocenters. The predicted octanol–water partition coefficient (Wildman–Crippen LogP) is 2.33. The van der Waals surface area contributed by atoms with Gasteiger partial charge in [0.25, 0.3) is 5.91 Å². The number of pyridine rings is 1. The second-order valence-corrected chi connectivity index (χ2v) is 6.63. The first-order chi connectivity index (χ1) is 9.83. The van der Waals surface area contributed by atoms with Gasteiger partial charge < -0.3 is 15.4 Å². The molecule has 0 aliphatic heterocycles. The first kappa shape index (κ1) is 15.8. The number of rotatable bonds is 4. The van der Waals surface area contributed by atoms with Gasteiger partial charge in [0.15, 0.2) is 0 Å². The second kappa shape index (κ2) is 6.02. The summed E-state index contributed by atoms with van der Waals surface area (Å²) in [7, 11) is 3.52. The van der Waals surface area contributed by atoms with Crippen molar-refractivity contribution >= 4 is 11.7 Å². The monoisotopic (exact) mass is 291 g/mol. The lowest BCUT2D eigenvalue weighted by molar-refractivity contribution is 0.0176. The van der Waals surface area contributed by atoms with Crippen LogP contribution in [0, 0.1) is 0 Å². The molecule has 1 heterocycles. The van der Waals surface area contributed by atoms with Crippen molar-refractivity contribution in [1.82, 2.24) is 10.3 Å². The molecule has 0 radical (unpaired) electrons. The topological polar surface area (TPSA) is 63.2 Å². The van der Waals surface area contributed by atoms with Crippen LogP contribution in [0.3, 0.4) is 0 Å². The summed E-state index contributed by atoms with van der Waals surface area (Å²) < 4.78 is 5.23. The van der Waals surface area contributed by atoms with E-state index in [-0.39, 0.29) is 23.5 Å². The number of hydrogen-bond acceptors (Lipinski definition) is 4. The lowest BCUT2D eigenvalue weighted by Crippen LogP contribution is -2.47. The zero-order valence-corrected chi connectivity index (χ0v) is 13.5. The van der Waals surface area contributed by atoms with E-state index in [1.54, 1.807) is 13.2 Å². The molecular weight excluding hydrogens is 266 g/mol. The SMILES string of the molecule is CNc1cc(C(=O)NC2CC(OC)C2)cc(C(C)(C)C)n1. The van der Waals surface area contributed by atoms with E-state index in [4.69, 9.17) is 4.74 Å². The molecule has 0 spiro atoms. The van der Waals surface area contributed by atoms with Crippen molar-refractivity contribution in [2.75, 3.05) is 19.5 Å². The molecule has 5 nitrogen and oxygen atoms in total. The lowest BCUT2D eigenvalue weighted by Gasteiger charge is -2.34. The van der Waals surface area contributed by atoms with Crippen molar-refractivity contribution in [2.24, 2.45) is 0 Å². The van der Waals surface area contributed by atoms with Gasteiger partial charge in [0, 0.05) is 36.9 Å². The molecule has 21 heavy (non-hydrogen) atoms. The van der Waals surface area contributed by atoms with Crippen molar-refractivity contribution in [3.8, 4) is 0 Å². The third-order valence-electron chi connectivity index (χ3n) is 3.88. The number of nitrogens with one attached hydrogen (secondary N) is 2. The summed E-state index contributed by atoms with van der Waals surface area (Å²) in [5, 5.41) is 6.07. The molecule has 1 amide bonds. The van der Waals surface area contributed by atoms with E-state index in [0.29, 0.717) is 5.56 Å². The third-order valence-corrected chi connectivity index (χ3v) is 3.88. The smallest absolute Gasteiger partial charge is 0.251 e. The number of hydrogen-bond donors (Lipinski definition) is 2. The molecule has 1 fully saturated rings. The molecule has 0 saturated heterocycles. The van der Waals surface area contributed by atoms with Crippen LogP contribution in [0.4, 0.5) is 5.82 Å². The molecule has 5 heteroatoms. The highest BCUT2D eigenvalue weighted by molar-refractivity contribution is 5.95. The predicted molar refractivity (Wildman–Crippen MR) is 83.8 cm³/mol. The minimum absolute atomic E-state index is 0.0426. The highest BCUT2D eigenvalue weighted by atomic mass is 16.5. The average Bonchev–Trinajstić information content (AvgIpc) is 2.40. The van der Waals surface area contributed by atoms with Crippen LogP contribution < -0.4 is 10.6 Å². The fraction of sp³-hybridized carbons (Fsp3) is 0.625. The van der Waals surface area contributed by atoms with Gasteiger partial charge in [-0.2, -0.15) is 0 Å². The molecule has 2 rings (SSSR count). The number of nitrogens with zero attached hydrogens (tertiary/aromatic N) is 1. The van der Waals surface area contributed by atoms with Crippen molar-refractivity contribution in [3.05, 3.63) is 23.4 Å². The summed E-state index contributed by atoms with van der Waals surface area (Å²) >= 11 is 0. The summed E-state index contributed by atoms with van der Waals surface area (Å²) in [6, 6.07) is 3.88. The van der Waals surface area contributed by atoms with Gasteiger partial charge in [0.05, 0.1) is 6.10 Å². The van der Waals surface area contributed by atoms with Crippen LogP contribution in [0.1, 0.15) is 49.7 Å². The summed E-state index contributed by atoms with van der Waals surface area (Å²) in [4.78, 5) is 16.9. The number of anilines is 1. The minimum atomic E-state index is -0.0977. The van der Waals surface area contributed by atoms with Gasteiger partial charge >= 0.3 is 0 Å². The second-order valence-electron chi connectivity index (χ2n) is 6.63. The Morgan fingerprint density at radius 1 is 1.33 bits per heavy atom. The number of carbonyl (C=O) groups excluding carboxylic acids is 1. The Labute approximate surface area is 126 Å². The van der Waals surface area contributed by atoms with E-state index >= 15 is 0 Å². The van der Waals surface area contributed by atoms with E-state index in [2.05, 4.69) is 36.4 Å². The summed E-state index contributed by atoms with van der Waals surface area (Å²) in [5.41, 5.74) is 1.46. The molecule has 1 saturated carbocycles.